The molecule has 0 saturated heterocycles. The first-order valence-corrected chi connectivity index (χ1v) is 6.99. The summed E-state index contributed by atoms with van der Waals surface area (Å²) in [6.45, 7) is 7.97. The highest BCUT2D eigenvalue weighted by Gasteiger charge is 2.27. The third kappa shape index (κ3) is 7.46. The number of amides is 1. The Morgan fingerprint density at radius 2 is 1.86 bits per heavy atom. The smallest absolute Gasteiger partial charge is 0.234 e. The highest BCUT2D eigenvalue weighted by molar-refractivity contribution is 5.85. The highest BCUT2D eigenvalue weighted by Crippen LogP contribution is 2.32. The topological polar surface area (TPSA) is 50.4 Å². The van der Waals surface area contributed by atoms with E-state index in [0.29, 0.717) is 19.7 Å². The van der Waals surface area contributed by atoms with E-state index in [1.165, 1.54) is 0 Å². The molecule has 0 fully saturated rings. The Hall–Kier alpha value is -1.10. The number of methoxy groups -OCH3 is 1. The Labute approximate surface area is 134 Å². The van der Waals surface area contributed by atoms with Crippen molar-refractivity contribution in [2.75, 3.05) is 26.8 Å². The lowest BCUT2D eigenvalue weighted by atomic mass is 9.82. The normalized spacial score (nSPS) is 12.4. The fourth-order valence-electron chi connectivity index (χ4n) is 2.03. The van der Waals surface area contributed by atoms with Crippen molar-refractivity contribution >= 4 is 18.3 Å². The summed E-state index contributed by atoms with van der Waals surface area (Å²) in [5, 5.41) is 6.17. The van der Waals surface area contributed by atoms with Gasteiger partial charge in [0.25, 0.3) is 0 Å². The molecule has 0 aliphatic carbocycles. The van der Waals surface area contributed by atoms with Gasteiger partial charge in [-0.1, -0.05) is 51.1 Å². The minimum Gasteiger partial charge on any atom is -0.383 e. The van der Waals surface area contributed by atoms with Gasteiger partial charge in [0, 0.05) is 13.7 Å². The number of nitrogens with one attached hydrogen (secondary N) is 2. The molecule has 0 saturated carbocycles. The first-order chi connectivity index (χ1) is 9.45. The minimum atomic E-state index is -0.0382. The van der Waals surface area contributed by atoms with Crippen LogP contribution in [0.5, 0.6) is 0 Å². The zero-order valence-corrected chi connectivity index (χ0v) is 14.1. The lowest BCUT2D eigenvalue weighted by Gasteiger charge is -2.32. The molecule has 0 radical (unpaired) electrons. The molecule has 0 spiro atoms. The van der Waals surface area contributed by atoms with Gasteiger partial charge < -0.3 is 15.4 Å². The molecule has 0 aliphatic heterocycles. The van der Waals surface area contributed by atoms with Gasteiger partial charge in [0.15, 0.2) is 0 Å². The second kappa shape index (κ2) is 9.77. The van der Waals surface area contributed by atoms with Gasteiger partial charge in [0.2, 0.25) is 5.91 Å². The molecule has 0 aliphatic rings. The summed E-state index contributed by atoms with van der Waals surface area (Å²) >= 11 is 0. The van der Waals surface area contributed by atoms with Gasteiger partial charge in [-0.2, -0.15) is 0 Å². The molecule has 4 nitrogen and oxygen atoms in total. The fourth-order valence-corrected chi connectivity index (χ4v) is 2.03. The molecule has 1 amide bonds. The van der Waals surface area contributed by atoms with Crippen molar-refractivity contribution in [3.8, 4) is 0 Å². The number of carbonyl (C=O) groups is 1. The van der Waals surface area contributed by atoms with Crippen LogP contribution in [0, 0.1) is 5.41 Å². The van der Waals surface area contributed by atoms with E-state index in [2.05, 4.69) is 43.5 Å². The van der Waals surface area contributed by atoms with E-state index < -0.39 is 0 Å². The molecule has 1 rings (SSSR count). The summed E-state index contributed by atoms with van der Waals surface area (Å²) < 4.78 is 4.93. The molecule has 2 N–H and O–H groups in total. The number of halogens is 1. The molecule has 1 unspecified atom stereocenters. The van der Waals surface area contributed by atoms with Crippen molar-refractivity contribution in [1.82, 2.24) is 10.6 Å². The molecule has 0 bridgehead atoms. The Morgan fingerprint density at radius 3 is 2.38 bits per heavy atom. The Bertz CT molecular complexity index is 404. The van der Waals surface area contributed by atoms with Crippen molar-refractivity contribution in [2.45, 2.75) is 26.8 Å². The number of carbonyl (C=O) groups excluding carboxylic acids is 1. The molecule has 0 aromatic heterocycles. The zero-order valence-electron chi connectivity index (χ0n) is 13.3. The number of hydrogen-bond donors (Lipinski definition) is 2. The van der Waals surface area contributed by atoms with Crippen LogP contribution < -0.4 is 10.6 Å². The second-order valence-electron chi connectivity index (χ2n) is 5.95. The van der Waals surface area contributed by atoms with Gasteiger partial charge in [0.05, 0.1) is 19.2 Å². The summed E-state index contributed by atoms with van der Waals surface area (Å²) in [7, 11) is 1.65. The number of rotatable bonds is 7. The maximum absolute atomic E-state index is 12.0. The van der Waals surface area contributed by atoms with E-state index in [-0.39, 0.29) is 29.8 Å². The molecule has 1 atom stereocenters. The van der Waals surface area contributed by atoms with Crippen molar-refractivity contribution in [3.63, 3.8) is 0 Å². The highest BCUT2D eigenvalue weighted by atomic mass is 35.5. The van der Waals surface area contributed by atoms with Crippen molar-refractivity contribution < 1.29 is 9.53 Å². The third-order valence-corrected chi connectivity index (χ3v) is 3.07. The number of benzene rings is 1. The van der Waals surface area contributed by atoms with Crippen LogP contribution in [0.2, 0.25) is 0 Å². The predicted molar refractivity (Wildman–Crippen MR) is 88.8 cm³/mol. The van der Waals surface area contributed by atoms with Gasteiger partial charge in [-0.15, -0.1) is 12.4 Å². The zero-order chi connectivity index (χ0) is 15.0. The van der Waals surface area contributed by atoms with E-state index in [4.69, 9.17) is 4.74 Å². The average Bonchev–Trinajstić information content (AvgIpc) is 2.41. The van der Waals surface area contributed by atoms with Crippen LogP contribution in [0.1, 0.15) is 32.4 Å². The van der Waals surface area contributed by atoms with Crippen LogP contribution in [0.15, 0.2) is 30.3 Å². The standard InChI is InChI=1S/C16H26N2O2.ClH/c1-16(2,3)15(13-8-6-5-7-9-13)18-14(19)12-17-10-11-20-4;/h5-9,15,17H,10-12H2,1-4H3,(H,18,19);1H. The lowest BCUT2D eigenvalue weighted by Crippen LogP contribution is -2.41. The molecular formula is C16H27ClN2O2. The van der Waals surface area contributed by atoms with Crippen LogP contribution in [0.3, 0.4) is 0 Å². The Kier molecular flexibility index (Phi) is 9.26. The van der Waals surface area contributed by atoms with E-state index in [1.54, 1.807) is 7.11 Å². The SMILES string of the molecule is COCCNCC(=O)NC(c1ccccc1)C(C)(C)C.Cl. The van der Waals surface area contributed by atoms with Crippen molar-refractivity contribution in [3.05, 3.63) is 35.9 Å². The van der Waals surface area contributed by atoms with Crippen LogP contribution in [-0.4, -0.2) is 32.7 Å². The minimum absolute atomic E-state index is 0. The number of ether oxygens (including phenoxy) is 1. The van der Waals surface area contributed by atoms with E-state index in [0.717, 1.165) is 5.56 Å². The molecule has 1 aromatic carbocycles. The monoisotopic (exact) mass is 314 g/mol. The van der Waals surface area contributed by atoms with Crippen molar-refractivity contribution in [2.24, 2.45) is 5.41 Å². The van der Waals surface area contributed by atoms with Crippen LogP contribution in [0.25, 0.3) is 0 Å². The van der Waals surface area contributed by atoms with E-state index in [1.807, 2.05) is 18.2 Å². The molecule has 1 aromatic rings. The molecule has 120 valence electrons. The summed E-state index contributed by atoms with van der Waals surface area (Å²) in [4.78, 5) is 12.0. The quantitative estimate of drug-likeness (QED) is 0.760. The third-order valence-electron chi connectivity index (χ3n) is 3.07. The van der Waals surface area contributed by atoms with Crippen LogP contribution in [-0.2, 0) is 9.53 Å². The van der Waals surface area contributed by atoms with Gasteiger partial charge in [-0.05, 0) is 11.0 Å². The summed E-state index contributed by atoms with van der Waals surface area (Å²) in [5.74, 6) is 0.00452. The summed E-state index contributed by atoms with van der Waals surface area (Å²) in [5.41, 5.74) is 1.09. The van der Waals surface area contributed by atoms with Gasteiger partial charge in [-0.3, -0.25) is 4.79 Å². The van der Waals surface area contributed by atoms with E-state index in [9.17, 15) is 4.79 Å². The molecule has 0 heterocycles. The average molecular weight is 315 g/mol. The van der Waals surface area contributed by atoms with Gasteiger partial charge in [-0.25, -0.2) is 0 Å². The Balaban J connectivity index is 0.00000400. The summed E-state index contributed by atoms with van der Waals surface area (Å²) in [6.07, 6.45) is 0. The van der Waals surface area contributed by atoms with Gasteiger partial charge in [0.1, 0.15) is 0 Å². The van der Waals surface area contributed by atoms with Crippen LogP contribution in [0.4, 0.5) is 0 Å². The first-order valence-electron chi connectivity index (χ1n) is 6.99. The predicted octanol–water partition coefficient (Wildman–Crippen LogP) is 2.55. The maximum Gasteiger partial charge on any atom is 0.234 e. The fraction of sp³-hybridized carbons (Fsp3) is 0.562. The number of hydrogen-bond acceptors (Lipinski definition) is 3. The maximum atomic E-state index is 12.0. The summed E-state index contributed by atoms with van der Waals surface area (Å²) in [6, 6.07) is 10.1. The molecule has 21 heavy (non-hydrogen) atoms. The molecule has 5 heteroatoms. The first kappa shape index (κ1) is 19.9. The van der Waals surface area contributed by atoms with E-state index >= 15 is 0 Å². The van der Waals surface area contributed by atoms with Crippen LogP contribution >= 0.6 is 12.4 Å². The largest absolute Gasteiger partial charge is 0.383 e. The second-order valence-corrected chi connectivity index (χ2v) is 5.95. The lowest BCUT2D eigenvalue weighted by molar-refractivity contribution is -0.121. The Morgan fingerprint density at radius 1 is 1.24 bits per heavy atom. The van der Waals surface area contributed by atoms with Gasteiger partial charge >= 0.3 is 0 Å². The van der Waals surface area contributed by atoms with Crippen molar-refractivity contribution in [1.29, 1.82) is 0 Å². The molecular weight excluding hydrogens is 288 g/mol.